The molecule has 4 heterocycles. The SMILES string of the molecule is CC1=NO[C@]2(CC[C@H](C)N3C[C@H]2n2cc(C(=O)NCc4ccc(F)cc4F)c(=O)c(O)c2C3=O)C1. The summed E-state index contributed by atoms with van der Waals surface area (Å²) in [5.41, 5.74) is -1.60. The number of aromatic nitrogens is 1. The third-order valence-corrected chi connectivity index (χ3v) is 7.14. The van der Waals surface area contributed by atoms with Gasteiger partial charge in [0.1, 0.15) is 17.2 Å². The molecule has 3 atom stereocenters. The predicted molar refractivity (Wildman–Crippen MR) is 120 cm³/mol. The third-order valence-electron chi connectivity index (χ3n) is 7.14. The van der Waals surface area contributed by atoms with Crippen LogP contribution in [0.5, 0.6) is 5.75 Å². The van der Waals surface area contributed by atoms with Gasteiger partial charge in [-0.3, -0.25) is 14.4 Å². The molecule has 2 bridgehead atoms. The first-order chi connectivity index (χ1) is 16.6. The maximum absolute atomic E-state index is 14.0. The summed E-state index contributed by atoms with van der Waals surface area (Å²) in [6, 6.07) is 2.28. The lowest BCUT2D eigenvalue weighted by Gasteiger charge is -2.41. The summed E-state index contributed by atoms with van der Waals surface area (Å²) in [4.78, 5) is 46.6. The molecule has 0 aliphatic carbocycles. The van der Waals surface area contributed by atoms with Gasteiger partial charge in [0.15, 0.2) is 17.0 Å². The number of benzene rings is 1. The second-order valence-electron chi connectivity index (χ2n) is 9.42. The molecule has 1 saturated heterocycles. The molecule has 2 N–H and O–H groups in total. The molecule has 5 rings (SSSR count). The van der Waals surface area contributed by atoms with Crippen LogP contribution in [0.4, 0.5) is 8.78 Å². The number of aromatic hydroxyl groups is 1. The Balaban J connectivity index is 1.55. The van der Waals surface area contributed by atoms with E-state index in [-0.39, 0.29) is 30.4 Å². The van der Waals surface area contributed by atoms with Gasteiger partial charge in [0, 0.05) is 43.4 Å². The van der Waals surface area contributed by atoms with Gasteiger partial charge in [-0.1, -0.05) is 11.2 Å². The Morgan fingerprint density at radius 2 is 2.11 bits per heavy atom. The van der Waals surface area contributed by atoms with E-state index in [1.54, 1.807) is 4.90 Å². The van der Waals surface area contributed by atoms with E-state index in [1.807, 2.05) is 13.8 Å². The van der Waals surface area contributed by atoms with E-state index in [1.165, 1.54) is 16.8 Å². The zero-order valence-corrected chi connectivity index (χ0v) is 19.2. The number of fused-ring (bicyclic) bond motifs is 5. The van der Waals surface area contributed by atoms with Gasteiger partial charge in [0.2, 0.25) is 5.43 Å². The zero-order valence-electron chi connectivity index (χ0n) is 19.2. The first-order valence-electron chi connectivity index (χ1n) is 11.3. The van der Waals surface area contributed by atoms with Crippen LogP contribution in [0.2, 0.25) is 0 Å². The second-order valence-corrected chi connectivity index (χ2v) is 9.42. The minimum absolute atomic E-state index is 0.0246. The number of nitrogens with one attached hydrogen (secondary N) is 1. The lowest BCUT2D eigenvalue weighted by atomic mass is 9.84. The summed E-state index contributed by atoms with van der Waals surface area (Å²) in [5, 5.41) is 17.3. The highest BCUT2D eigenvalue weighted by Gasteiger charge is 2.53. The normalized spacial score (nSPS) is 25.1. The number of pyridine rings is 1. The lowest BCUT2D eigenvalue weighted by Crippen LogP contribution is -2.52. The van der Waals surface area contributed by atoms with Gasteiger partial charge in [0.25, 0.3) is 11.8 Å². The Kier molecular flexibility index (Phi) is 5.37. The largest absolute Gasteiger partial charge is 0.503 e. The smallest absolute Gasteiger partial charge is 0.274 e. The van der Waals surface area contributed by atoms with E-state index in [4.69, 9.17) is 4.84 Å². The average Bonchev–Trinajstić information content (AvgIpc) is 3.14. The molecule has 1 fully saturated rings. The van der Waals surface area contributed by atoms with Crippen molar-refractivity contribution in [3.8, 4) is 5.75 Å². The minimum Gasteiger partial charge on any atom is -0.503 e. The molecule has 3 aliphatic heterocycles. The minimum atomic E-state index is -1.01. The monoisotopic (exact) mass is 486 g/mol. The highest BCUT2D eigenvalue weighted by Crippen LogP contribution is 2.46. The highest BCUT2D eigenvalue weighted by molar-refractivity contribution is 5.99. The summed E-state index contributed by atoms with van der Waals surface area (Å²) in [6.45, 7) is 3.70. The molecule has 0 radical (unpaired) electrons. The number of amides is 2. The molecule has 1 spiro atoms. The predicted octanol–water partition coefficient (Wildman–Crippen LogP) is 2.48. The zero-order chi connectivity index (χ0) is 25.1. The quantitative estimate of drug-likeness (QED) is 0.692. The Labute approximate surface area is 199 Å². The number of hydrogen-bond donors (Lipinski definition) is 2. The Morgan fingerprint density at radius 1 is 1.34 bits per heavy atom. The molecule has 0 unspecified atom stereocenters. The number of halogens is 2. The maximum Gasteiger partial charge on any atom is 0.274 e. The van der Waals surface area contributed by atoms with E-state index in [0.717, 1.165) is 11.8 Å². The number of oxime groups is 1. The number of carbonyl (C=O) groups excluding carboxylic acids is 2. The van der Waals surface area contributed by atoms with Crippen molar-refractivity contribution < 1.29 is 28.3 Å². The molecular formula is C24H24F2N4O5. The standard InChI is InChI=1S/C24H24F2N4O5/c1-12-8-24(35-28-12)6-5-13(2)29-11-18(24)30-10-16(20(31)21(32)19(30)23(29)34)22(33)27-9-14-3-4-15(25)7-17(14)26/h3-4,7,10,13,18,32H,5-6,8-9,11H2,1-2H3,(H,27,33)/t13-,18+,24+/m0/s1. The molecule has 9 nitrogen and oxygen atoms in total. The fourth-order valence-corrected chi connectivity index (χ4v) is 5.22. The number of hydrogen-bond acceptors (Lipinski definition) is 6. The van der Waals surface area contributed by atoms with Crippen molar-refractivity contribution in [2.24, 2.45) is 5.16 Å². The van der Waals surface area contributed by atoms with Gasteiger partial charge in [-0.25, -0.2) is 8.78 Å². The molecule has 184 valence electrons. The van der Waals surface area contributed by atoms with E-state index >= 15 is 0 Å². The van der Waals surface area contributed by atoms with Gasteiger partial charge in [-0.05, 0) is 32.8 Å². The summed E-state index contributed by atoms with van der Waals surface area (Å²) in [6.07, 6.45) is 2.98. The van der Waals surface area contributed by atoms with Crippen molar-refractivity contribution in [1.82, 2.24) is 14.8 Å². The fourth-order valence-electron chi connectivity index (χ4n) is 5.22. The van der Waals surface area contributed by atoms with Crippen molar-refractivity contribution in [1.29, 1.82) is 0 Å². The third kappa shape index (κ3) is 3.65. The fraction of sp³-hybridized carbons (Fsp3) is 0.417. The molecule has 1 aromatic carbocycles. The summed E-state index contributed by atoms with van der Waals surface area (Å²) in [5.74, 6) is -3.80. The van der Waals surface area contributed by atoms with Crippen LogP contribution < -0.4 is 10.7 Å². The van der Waals surface area contributed by atoms with Crippen molar-refractivity contribution in [2.75, 3.05) is 6.54 Å². The summed E-state index contributed by atoms with van der Waals surface area (Å²) >= 11 is 0. The summed E-state index contributed by atoms with van der Waals surface area (Å²) in [7, 11) is 0. The van der Waals surface area contributed by atoms with E-state index < -0.39 is 51.8 Å². The maximum atomic E-state index is 14.0. The first kappa shape index (κ1) is 23.0. The van der Waals surface area contributed by atoms with Crippen LogP contribution >= 0.6 is 0 Å². The van der Waals surface area contributed by atoms with Crippen LogP contribution in [-0.2, 0) is 11.4 Å². The van der Waals surface area contributed by atoms with Gasteiger partial charge < -0.3 is 24.7 Å². The Hall–Kier alpha value is -3.76. The molecule has 3 aliphatic rings. The topological polar surface area (TPSA) is 113 Å². The Bertz CT molecular complexity index is 1340. The summed E-state index contributed by atoms with van der Waals surface area (Å²) < 4.78 is 28.6. The lowest BCUT2D eigenvalue weighted by molar-refractivity contribution is -0.0655. The first-order valence-corrected chi connectivity index (χ1v) is 11.3. The van der Waals surface area contributed by atoms with E-state index in [9.17, 15) is 28.3 Å². The number of rotatable bonds is 3. The van der Waals surface area contributed by atoms with Crippen LogP contribution in [0.3, 0.4) is 0 Å². The molecule has 2 amide bonds. The molecule has 0 saturated carbocycles. The number of carbonyl (C=O) groups is 2. The van der Waals surface area contributed by atoms with Gasteiger partial charge >= 0.3 is 0 Å². The highest BCUT2D eigenvalue weighted by atomic mass is 19.1. The van der Waals surface area contributed by atoms with Crippen molar-refractivity contribution >= 4 is 17.5 Å². The molecule has 1 aromatic heterocycles. The van der Waals surface area contributed by atoms with Crippen LogP contribution in [0.1, 0.15) is 65.6 Å². The van der Waals surface area contributed by atoms with Crippen LogP contribution in [0, 0.1) is 11.6 Å². The van der Waals surface area contributed by atoms with Crippen LogP contribution in [0.25, 0.3) is 0 Å². The Morgan fingerprint density at radius 3 is 2.80 bits per heavy atom. The van der Waals surface area contributed by atoms with Crippen molar-refractivity contribution in [3.63, 3.8) is 0 Å². The molecule has 2 aromatic rings. The molecular weight excluding hydrogens is 462 g/mol. The van der Waals surface area contributed by atoms with Crippen molar-refractivity contribution in [3.05, 3.63) is 63.1 Å². The van der Waals surface area contributed by atoms with Crippen LogP contribution in [0.15, 0.2) is 34.3 Å². The van der Waals surface area contributed by atoms with Gasteiger partial charge in [-0.2, -0.15) is 0 Å². The van der Waals surface area contributed by atoms with E-state index in [0.29, 0.717) is 25.3 Å². The second kappa shape index (κ2) is 8.17. The average molecular weight is 486 g/mol. The van der Waals surface area contributed by atoms with Crippen molar-refractivity contribution in [2.45, 2.75) is 57.3 Å². The van der Waals surface area contributed by atoms with E-state index in [2.05, 4.69) is 10.5 Å². The van der Waals surface area contributed by atoms with Crippen LogP contribution in [-0.4, -0.2) is 50.3 Å². The number of nitrogens with zero attached hydrogens (tertiary/aromatic N) is 3. The van der Waals surface area contributed by atoms with Gasteiger partial charge in [0.05, 0.1) is 11.8 Å². The molecule has 35 heavy (non-hydrogen) atoms. The van der Waals surface area contributed by atoms with Gasteiger partial charge in [-0.15, -0.1) is 0 Å². The molecule has 11 heteroatoms.